The zero-order valence-corrected chi connectivity index (χ0v) is 11.7. The van der Waals surface area contributed by atoms with Crippen LogP contribution in [-0.2, 0) is 11.3 Å². The Morgan fingerprint density at radius 3 is 2.83 bits per heavy atom. The van der Waals surface area contributed by atoms with Crippen LogP contribution < -0.4 is 5.56 Å². The summed E-state index contributed by atoms with van der Waals surface area (Å²) in [5.74, 6) is 0.543. The highest BCUT2D eigenvalue weighted by Gasteiger charge is 2.07. The lowest BCUT2D eigenvalue weighted by Gasteiger charge is -2.06. The maximum absolute atomic E-state index is 11.6. The Morgan fingerprint density at radius 1 is 1.39 bits per heavy atom. The third-order valence-electron chi connectivity index (χ3n) is 2.47. The quantitative estimate of drug-likeness (QED) is 0.948. The van der Waals surface area contributed by atoms with Gasteiger partial charge in [0.05, 0.1) is 12.3 Å². The summed E-state index contributed by atoms with van der Waals surface area (Å²) in [6.45, 7) is 2.33. The monoisotopic (exact) mass is 308 g/mol. The van der Waals surface area contributed by atoms with Crippen LogP contribution in [0, 0.1) is 6.92 Å². The lowest BCUT2D eigenvalue weighted by molar-refractivity contribution is 0.181. The van der Waals surface area contributed by atoms with Gasteiger partial charge in [-0.05, 0) is 24.6 Å². The molecule has 0 spiro atoms. The van der Waals surface area contributed by atoms with Crippen LogP contribution in [0.2, 0.25) is 0 Å². The molecule has 1 aromatic carbocycles. The summed E-state index contributed by atoms with van der Waals surface area (Å²) in [7, 11) is 1.57. The minimum atomic E-state index is -0.181. The van der Waals surface area contributed by atoms with Crippen LogP contribution in [0.5, 0.6) is 0 Å². The predicted octanol–water partition coefficient (Wildman–Crippen LogP) is 2.65. The first-order valence-electron chi connectivity index (χ1n) is 5.46. The first-order valence-corrected chi connectivity index (χ1v) is 6.25. The van der Waals surface area contributed by atoms with Crippen LogP contribution in [0.15, 0.2) is 33.5 Å². The van der Waals surface area contributed by atoms with Gasteiger partial charge in [-0.15, -0.1) is 0 Å². The van der Waals surface area contributed by atoms with Crippen LogP contribution >= 0.6 is 15.9 Å². The largest absolute Gasteiger partial charge is 0.378 e. The predicted molar refractivity (Wildman–Crippen MR) is 73.4 cm³/mol. The molecule has 0 bridgehead atoms. The summed E-state index contributed by atoms with van der Waals surface area (Å²) in [4.78, 5) is 18.7. The lowest BCUT2D eigenvalue weighted by Crippen LogP contribution is -2.11. The number of hydrogen-bond donors (Lipinski definition) is 1. The number of halogens is 1. The first-order chi connectivity index (χ1) is 8.60. The van der Waals surface area contributed by atoms with Gasteiger partial charge in [-0.25, -0.2) is 4.98 Å². The van der Waals surface area contributed by atoms with Crippen molar-refractivity contribution in [3.63, 3.8) is 0 Å². The van der Waals surface area contributed by atoms with Crippen LogP contribution in [0.1, 0.15) is 11.3 Å². The highest BCUT2D eigenvalue weighted by atomic mass is 79.9. The average Bonchev–Trinajstić information content (AvgIpc) is 2.28. The van der Waals surface area contributed by atoms with Gasteiger partial charge in [0.25, 0.3) is 5.56 Å². The molecule has 0 atom stereocenters. The van der Waals surface area contributed by atoms with E-state index in [1.54, 1.807) is 7.11 Å². The number of benzene rings is 1. The molecule has 0 amide bonds. The van der Waals surface area contributed by atoms with E-state index in [4.69, 9.17) is 4.74 Å². The number of rotatable bonds is 3. The van der Waals surface area contributed by atoms with E-state index in [0.29, 0.717) is 18.1 Å². The van der Waals surface area contributed by atoms with Crippen molar-refractivity contribution in [3.05, 3.63) is 50.3 Å². The standard InChI is InChI=1S/C13H13BrN2O2/c1-8-3-4-10(11(14)5-8)13-15-9(7-18-2)6-12(17)16-13/h3-6H,7H2,1-2H3,(H,15,16,17). The van der Waals surface area contributed by atoms with Crippen LogP contribution in [0.3, 0.4) is 0 Å². The van der Waals surface area contributed by atoms with Gasteiger partial charge in [0.1, 0.15) is 5.82 Å². The maximum Gasteiger partial charge on any atom is 0.251 e. The zero-order valence-electron chi connectivity index (χ0n) is 10.2. The number of methoxy groups -OCH3 is 1. The number of aromatic amines is 1. The second-order valence-corrected chi connectivity index (χ2v) is 4.86. The topological polar surface area (TPSA) is 55.0 Å². The molecule has 5 heteroatoms. The molecule has 0 aliphatic rings. The Morgan fingerprint density at radius 2 is 2.17 bits per heavy atom. The molecular weight excluding hydrogens is 296 g/mol. The van der Waals surface area contributed by atoms with Gasteiger partial charge >= 0.3 is 0 Å². The third kappa shape index (κ3) is 2.86. The van der Waals surface area contributed by atoms with Gasteiger partial charge in [-0.3, -0.25) is 4.79 Å². The summed E-state index contributed by atoms with van der Waals surface area (Å²) >= 11 is 3.48. The molecule has 2 aromatic rings. The molecule has 0 radical (unpaired) electrons. The first kappa shape index (κ1) is 13.0. The Labute approximate surface area is 113 Å². The molecule has 0 aliphatic carbocycles. The summed E-state index contributed by atoms with van der Waals surface area (Å²) in [5, 5.41) is 0. The maximum atomic E-state index is 11.6. The van der Waals surface area contributed by atoms with E-state index in [2.05, 4.69) is 25.9 Å². The van der Waals surface area contributed by atoms with E-state index in [0.717, 1.165) is 15.6 Å². The van der Waals surface area contributed by atoms with Crippen molar-refractivity contribution in [3.8, 4) is 11.4 Å². The summed E-state index contributed by atoms with van der Waals surface area (Å²) < 4.78 is 5.90. The van der Waals surface area contributed by atoms with Crippen molar-refractivity contribution in [1.82, 2.24) is 9.97 Å². The Kier molecular flexibility index (Phi) is 3.93. The van der Waals surface area contributed by atoms with Crippen molar-refractivity contribution in [1.29, 1.82) is 0 Å². The molecule has 1 N–H and O–H groups in total. The van der Waals surface area contributed by atoms with Crippen LogP contribution in [0.4, 0.5) is 0 Å². The fraction of sp³-hybridized carbons (Fsp3) is 0.231. The number of ether oxygens (including phenoxy) is 1. The number of aromatic nitrogens is 2. The Hall–Kier alpha value is -1.46. The van der Waals surface area contributed by atoms with Gasteiger partial charge in [0.2, 0.25) is 0 Å². The van der Waals surface area contributed by atoms with Gasteiger partial charge in [-0.1, -0.05) is 22.0 Å². The van der Waals surface area contributed by atoms with E-state index in [9.17, 15) is 4.79 Å². The van der Waals surface area contributed by atoms with Crippen molar-refractivity contribution in [2.45, 2.75) is 13.5 Å². The third-order valence-corrected chi connectivity index (χ3v) is 3.12. The van der Waals surface area contributed by atoms with Gasteiger partial charge in [0, 0.05) is 23.2 Å². The van der Waals surface area contributed by atoms with Crippen molar-refractivity contribution < 1.29 is 4.74 Å². The lowest BCUT2D eigenvalue weighted by atomic mass is 10.1. The zero-order chi connectivity index (χ0) is 13.1. The van der Waals surface area contributed by atoms with E-state index in [1.165, 1.54) is 6.07 Å². The smallest absolute Gasteiger partial charge is 0.251 e. The van der Waals surface area contributed by atoms with Crippen molar-refractivity contribution in [2.75, 3.05) is 7.11 Å². The Balaban J connectivity index is 2.53. The second kappa shape index (κ2) is 5.46. The van der Waals surface area contributed by atoms with E-state index in [1.807, 2.05) is 25.1 Å². The normalized spacial score (nSPS) is 10.6. The van der Waals surface area contributed by atoms with E-state index >= 15 is 0 Å². The van der Waals surface area contributed by atoms with Crippen molar-refractivity contribution in [2.24, 2.45) is 0 Å². The van der Waals surface area contributed by atoms with Crippen LogP contribution in [-0.4, -0.2) is 17.1 Å². The molecule has 0 fully saturated rings. The SMILES string of the molecule is COCc1cc(=O)[nH]c(-c2ccc(C)cc2Br)n1. The van der Waals surface area contributed by atoms with Gasteiger partial charge in [0.15, 0.2) is 0 Å². The molecule has 1 heterocycles. The van der Waals surface area contributed by atoms with E-state index < -0.39 is 0 Å². The fourth-order valence-electron chi connectivity index (χ4n) is 1.67. The Bertz CT molecular complexity index is 623. The second-order valence-electron chi connectivity index (χ2n) is 4.00. The summed E-state index contributed by atoms with van der Waals surface area (Å²) in [6.07, 6.45) is 0. The summed E-state index contributed by atoms with van der Waals surface area (Å²) in [6, 6.07) is 7.32. The molecule has 0 aliphatic heterocycles. The molecule has 4 nitrogen and oxygen atoms in total. The number of hydrogen-bond acceptors (Lipinski definition) is 3. The number of aryl methyl sites for hydroxylation is 1. The highest BCUT2D eigenvalue weighted by Crippen LogP contribution is 2.25. The molecule has 94 valence electrons. The van der Waals surface area contributed by atoms with Gasteiger partial charge in [-0.2, -0.15) is 0 Å². The highest BCUT2D eigenvalue weighted by molar-refractivity contribution is 9.10. The van der Waals surface area contributed by atoms with E-state index in [-0.39, 0.29) is 5.56 Å². The molecular formula is C13H13BrN2O2. The minimum Gasteiger partial charge on any atom is -0.378 e. The molecule has 0 unspecified atom stereocenters. The minimum absolute atomic E-state index is 0.181. The average molecular weight is 309 g/mol. The molecule has 0 saturated heterocycles. The number of nitrogens with zero attached hydrogens (tertiary/aromatic N) is 1. The van der Waals surface area contributed by atoms with Crippen LogP contribution in [0.25, 0.3) is 11.4 Å². The summed E-state index contributed by atoms with van der Waals surface area (Å²) in [5.41, 5.74) is 2.43. The van der Waals surface area contributed by atoms with Crippen molar-refractivity contribution >= 4 is 15.9 Å². The molecule has 18 heavy (non-hydrogen) atoms. The van der Waals surface area contributed by atoms with Gasteiger partial charge < -0.3 is 9.72 Å². The molecule has 0 saturated carbocycles. The fourth-order valence-corrected chi connectivity index (χ4v) is 2.35. The molecule has 2 rings (SSSR count). The number of H-pyrrole nitrogens is 1. The number of nitrogens with one attached hydrogen (secondary N) is 1. The molecule has 1 aromatic heterocycles.